The molecule has 0 aliphatic rings. The second kappa shape index (κ2) is 19.3. The Morgan fingerprint density at radius 3 is 2.39 bits per heavy atom. The number of benzene rings is 1. The molecular formula is C29H47NO3. The fraction of sp³-hybridized carbons (Fsp3) is 0.621. The fourth-order valence-electron chi connectivity index (χ4n) is 3.85. The summed E-state index contributed by atoms with van der Waals surface area (Å²) in [6, 6.07) is 4.96. The summed E-state index contributed by atoms with van der Waals surface area (Å²) in [6.45, 7) is 4.60. The number of unbranched alkanes of at least 4 members (excludes halogenated alkanes) is 10. The minimum absolute atomic E-state index is 0.0717. The molecule has 0 heterocycles. The molecule has 4 nitrogen and oxygen atoms in total. The van der Waals surface area contributed by atoms with Gasteiger partial charge in [-0.1, -0.05) is 89.5 Å². The quantitative estimate of drug-likeness (QED) is 0.164. The lowest BCUT2D eigenvalue weighted by molar-refractivity contribution is -0.119. The zero-order valence-electron chi connectivity index (χ0n) is 21.3. The minimum atomic E-state index is -0.0717. The Kier molecular flexibility index (Phi) is 16.8. The second-order valence-electron chi connectivity index (χ2n) is 9.11. The number of phenols is 1. The molecule has 0 saturated carbocycles. The molecule has 0 aromatic heterocycles. The summed E-state index contributed by atoms with van der Waals surface area (Å²) in [5.74, 6) is 1.08. The third-order valence-electron chi connectivity index (χ3n) is 5.94. The zero-order valence-corrected chi connectivity index (χ0v) is 21.3. The van der Waals surface area contributed by atoms with Crippen molar-refractivity contribution in [1.82, 2.24) is 5.32 Å². The normalized spacial score (nSPS) is 12.5. The van der Waals surface area contributed by atoms with Gasteiger partial charge < -0.3 is 15.2 Å². The highest BCUT2D eigenvalue weighted by Gasteiger charge is 2.06. The predicted octanol–water partition coefficient (Wildman–Crippen LogP) is 7.86. The van der Waals surface area contributed by atoms with Crippen LogP contribution in [0.15, 0.2) is 42.6 Å². The molecule has 33 heavy (non-hydrogen) atoms. The Hall–Kier alpha value is -2.23. The molecule has 1 atom stereocenters. The number of nitrogens with one attached hydrogen (secondary N) is 1. The first-order chi connectivity index (χ1) is 16.1. The maximum atomic E-state index is 12.0. The summed E-state index contributed by atoms with van der Waals surface area (Å²) in [6.07, 6.45) is 25.5. The van der Waals surface area contributed by atoms with E-state index < -0.39 is 0 Å². The van der Waals surface area contributed by atoms with E-state index in [1.165, 1.54) is 77.7 Å². The van der Waals surface area contributed by atoms with Crippen molar-refractivity contribution in [3.05, 3.63) is 48.2 Å². The SMILES string of the molecule is CCCCCCCCC=CC(C)CCCCCCC=CNC(=O)Cc1ccc(O)c(OC)c1. The predicted molar refractivity (Wildman–Crippen MR) is 140 cm³/mol. The number of carbonyl (C=O) groups excluding carboxylic acids is 1. The number of rotatable bonds is 19. The lowest BCUT2D eigenvalue weighted by atomic mass is 10.0. The van der Waals surface area contributed by atoms with Crippen molar-refractivity contribution < 1.29 is 14.6 Å². The molecule has 1 aromatic carbocycles. The Morgan fingerprint density at radius 2 is 1.67 bits per heavy atom. The Labute approximate surface area is 202 Å². The van der Waals surface area contributed by atoms with Crippen LogP contribution in [0.25, 0.3) is 0 Å². The fourth-order valence-corrected chi connectivity index (χ4v) is 3.85. The van der Waals surface area contributed by atoms with E-state index in [1.807, 2.05) is 6.08 Å². The average molecular weight is 458 g/mol. The molecule has 1 amide bonds. The van der Waals surface area contributed by atoms with E-state index in [4.69, 9.17) is 4.74 Å². The number of amides is 1. The van der Waals surface area contributed by atoms with Crippen LogP contribution in [-0.2, 0) is 11.2 Å². The van der Waals surface area contributed by atoms with E-state index >= 15 is 0 Å². The largest absolute Gasteiger partial charge is 0.504 e. The van der Waals surface area contributed by atoms with Crippen molar-refractivity contribution >= 4 is 5.91 Å². The maximum Gasteiger partial charge on any atom is 0.228 e. The molecule has 0 aliphatic heterocycles. The number of ether oxygens (including phenoxy) is 1. The lowest BCUT2D eigenvalue weighted by Crippen LogP contribution is -2.19. The first-order valence-electron chi connectivity index (χ1n) is 13.0. The zero-order chi connectivity index (χ0) is 24.2. The molecule has 0 aliphatic carbocycles. The van der Waals surface area contributed by atoms with Gasteiger partial charge in [-0.25, -0.2) is 0 Å². The van der Waals surface area contributed by atoms with E-state index in [-0.39, 0.29) is 18.1 Å². The van der Waals surface area contributed by atoms with E-state index in [0.29, 0.717) is 11.7 Å². The van der Waals surface area contributed by atoms with Crippen LogP contribution in [0.2, 0.25) is 0 Å². The van der Waals surface area contributed by atoms with Gasteiger partial charge in [0.1, 0.15) is 0 Å². The van der Waals surface area contributed by atoms with Gasteiger partial charge in [0.2, 0.25) is 5.91 Å². The van der Waals surface area contributed by atoms with Gasteiger partial charge in [-0.3, -0.25) is 4.79 Å². The van der Waals surface area contributed by atoms with Gasteiger partial charge >= 0.3 is 0 Å². The van der Waals surface area contributed by atoms with E-state index in [9.17, 15) is 9.90 Å². The molecule has 0 fully saturated rings. The summed E-state index contributed by atoms with van der Waals surface area (Å²) in [7, 11) is 1.50. The third-order valence-corrected chi connectivity index (χ3v) is 5.94. The van der Waals surface area contributed by atoms with Crippen molar-refractivity contribution in [3.63, 3.8) is 0 Å². The smallest absolute Gasteiger partial charge is 0.228 e. The molecule has 2 N–H and O–H groups in total. The first kappa shape index (κ1) is 28.8. The van der Waals surface area contributed by atoms with Gasteiger partial charge in [-0.2, -0.15) is 0 Å². The highest BCUT2D eigenvalue weighted by molar-refractivity contribution is 5.79. The number of allylic oxidation sites excluding steroid dienone is 3. The molecule has 1 rings (SSSR count). The van der Waals surface area contributed by atoms with Gasteiger partial charge in [0, 0.05) is 0 Å². The number of hydrogen-bond acceptors (Lipinski definition) is 3. The molecule has 186 valence electrons. The van der Waals surface area contributed by atoms with E-state index in [2.05, 4.69) is 31.3 Å². The van der Waals surface area contributed by atoms with E-state index in [1.54, 1.807) is 24.4 Å². The van der Waals surface area contributed by atoms with Crippen LogP contribution >= 0.6 is 0 Å². The molecule has 0 spiro atoms. The van der Waals surface area contributed by atoms with Gasteiger partial charge in [0.15, 0.2) is 11.5 Å². The standard InChI is InChI=1S/C29H47NO3/c1-4-5-6-7-8-9-12-15-18-25(2)19-16-13-10-11-14-17-22-30-29(32)24-26-20-21-27(31)28(23-26)33-3/h15,17-18,20-23,25,31H,4-14,16,19,24H2,1-3H3,(H,30,32). The van der Waals surface area contributed by atoms with Crippen molar-refractivity contribution in [3.8, 4) is 11.5 Å². The second-order valence-corrected chi connectivity index (χ2v) is 9.11. The Balaban J connectivity index is 2.00. The number of aromatic hydroxyl groups is 1. The van der Waals surface area contributed by atoms with Crippen LogP contribution in [0.4, 0.5) is 0 Å². The number of carbonyl (C=O) groups is 1. The minimum Gasteiger partial charge on any atom is -0.504 e. The van der Waals surface area contributed by atoms with Crippen LogP contribution in [0, 0.1) is 5.92 Å². The maximum absolute atomic E-state index is 12.0. The van der Waals surface area contributed by atoms with Crippen molar-refractivity contribution in [1.29, 1.82) is 0 Å². The monoisotopic (exact) mass is 457 g/mol. The summed E-state index contributed by atoms with van der Waals surface area (Å²) < 4.78 is 5.07. The van der Waals surface area contributed by atoms with Gasteiger partial charge in [-0.15, -0.1) is 0 Å². The number of phenolic OH excluding ortho intramolecular Hbond substituents is 1. The number of hydrogen-bond donors (Lipinski definition) is 2. The highest BCUT2D eigenvalue weighted by atomic mass is 16.5. The van der Waals surface area contributed by atoms with Crippen LogP contribution in [0.5, 0.6) is 11.5 Å². The summed E-state index contributed by atoms with van der Waals surface area (Å²) in [5, 5.41) is 12.4. The average Bonchev–Trinajstić information content (AvgIpc) is 2.80. The van der Waals surface area contributed by atoms with Gasteiger partial charge in [0.05, 0.1) is 13.5 Å². The molecule has 0 saturated heterocycles. The molecular weight excluding hydrogens is 410 g/mol. The van der Waals surface area contributed by atoms with Crippen LogP contribution < -0.4 is 10.1 Å². The first-order valence-corrected chi connectivity index (χ1v) is 13.0. The highest BCUT2D eigenvalue weighted by Crippen LogP contribution is 2.26. The molecule has 1 aromatic rings. The van der Waals surface area contributed by atoms with Crippen molar-refractivity contribution in [2.24, 2.45) is 5.92 Å². The summed E-state index contributed by atoms with van der Waals surface area (Å²) >= 11 is 0. The topological polar surface area (TPSA) is 58.6 Å². The Morgan fingerprint density at radius 1 is 1.00 bits per heavy atom. The number of methoxy groups -OCH3 is 1. The molecule has 4 heteroatoms. The Bertz CT molecular complexity index is 696. The van der Waals surface area contributed by atoms with Gasteiger partial charge in [-0.05, 0) is 61.9 Å². The van der Waals surface area contributed by atoms with Crippen molar-refractivity contribution in [2.45, 2.75) is 104 Å². The van der Waals surface area contributed by atoms with Crippen molar-refractivity contribution in [2.75, 3.05) is 7.11 Å². The molecule has 0 radical (unpaired) electrons. The third kappa shape index (κ3) is 15.3. The molecule has 0 bridgehead atoms. The summed E-state index contributed by atoms with van der Waals surface area (Å²) in [5.41, 5.74) is 0.807. The van der Waals surface area contributed by atoms with Gasteiger partial charge in [0.25, 0.3) is 0 Å². The molecule has 1 unspecified atom stereocenters. The summed E-state index contributed by atoms with van der Waals surface area (Å²) in [4.78, 5) is 12.0. The van der Waals surface area contributed by atoms with Crippen LogP contribution in [-0.4, -0.2) is 18.1 Å². The van der Waals surface area contributed by atoms with Crippen LogP contribution in [0.1, 0.15) is 103 Å². The lowest BCUT2D eigenvalue weighted by Gasteiger charge is -2.06. The van der Waals surface area contributed by atoms with E-state index in [0.717, 1.165) is 18.4 Å². The van der Waals surface area contributed by atoms with Crippen LogP contribution in [0.3, 0.4) is 0 Å².